The lowest BCUT2D eigenvalue weighted by atomic mass is 9.84. The zero-order valence-electron chi connectivity index (χ0n) is 14.1. The highest BCUT2D eigenvalue weighted by molar-refractivity contribution is 5.81. The molecule has 0 bridgehead atoms. The zero-order chi connectivity index (χ0) is 16.0. The van der Waals surface area contributed by atoms with Crippen LogP contribution in [0.1, 0.15) is 40.0 Å². The molecule has 6 nitrogen and oxygen atoms in total. The first-order valence-electron chi connectivity index (χ1n) is 8.37. The Bertz CT molecular complexity index is 491. The molecule has 3 aliphatic rings. The molecule has 0 aliphatic carbocycles. The number of fused-ring (bicyclic) bond motifs is 1. The van der Waals surface area contributed by atoms with Gasteiger partial charge in [-0.15, -0.1) is 0 Å². The van der Waals surface area contributed by atoms with Gasteiger partial charge in [-0.05, 0) is 37.3 Å². The number of guanidine groups is 1. The molecule has 3 aliphatic heterocycles. The number of piperazine rings is 1. The molecule has 0 aromatic rings. The van der Waals surface area contributed by atoms with Crippen molar-refractivity contribution < 1.29 is 0 Å². The molecule has 22 heavy (non-hydrogen) atoms. The Balaban J connectivity index is 1.76. The van der Waals surface area contributed by atoms with Crippen LogP contribution in [0.4, 0.5) is 0 Å². The Hall–Kier alpha value is -1.27. The zero-order valence-corrected chi connectivity index (χ0v) is 14.1. The average Bonchev–Trinajstić information content (AvgIpc) is 2.81. The number of nitrogens with zero attached hydrogens (tertiary/aromatic N) is 3. The van der Waals surface area contributed by atoms with Crippen LogP contribution in [-0.2, 0) is 0 Å². The van der Waals surface area contributed by atoms with Crippen molar-refractivity contribution in [2.24, 2.45) is 21.9 Å². The van der Waals surface area contributed by atoms with Crippen LogP contribution in [0.3, 0.4) is 0 Å². The molecule has 124 valence electrons. The van der Waals surface area contributed by atoms with E-state index in [2.05, 4.69) is 47.0 Å². The van der Waals surface area contributed by atoms with Crippen LogP contribution in [0.2, 0.25) is 0 Å². The number of hydrogen-bond donors (Lipinski definition) is 3. The summed E-state index contributed by atoms with van der Waals surface area (Å²) in [6.07, 6.45) is 5.46. The van der Waals surface area contributed by atoms with E-state index in [1.54, 1.807) is 0 Å². The molecule has 2 atom stereocenters. The summed E-state index contributed by atoms with van der Waals surface area (Å²) in [6, 6.07) is 0.673. The van der Waals surface area contributed by atoms with E-state index in [0.717, 1.165) is 31.9 Å². The van der Waals surface area contributed by atoms with Gasteiger partial charge in [0.15, 0.2) is 5.96 Å². The number of nitrogens with two attached hydrogens (primary N) is 2. The minimum atomic E-state index is -0.713. The first-order valence-corrected chi connectivity index (χ1v) is 8.37. The lowest BCUT2D eigenvalue weighted by Gasteiger charge is -2.42. The van der Waals surface area contributed by atoms with E-state index < -0.39 is 5.66 Å². The lowest BCUT2D eigenvalue weighted by molar-refractivity contribution is 0.124. The summed E-state index contributed by atoms with van der Waals surface area (Å²) in [6.45, 7) is 11.0. The maximum Gasteiger partial charge on any atom is 0.196 e. The Kier molecular flexibility index (Phi) is 3.85. The van der Waals surface area contributed by atoms with Crippen LogP contribution in [0.5, 0.6) is 0 Å². The van der Waals surface area contributed by atoms with Crippen molar-refractivity contribution in [3.8, 4) is 0 Å². The predicted octanol–water partition coefficient (Wildman–Crippen LogP) is 0.617. The summed E-state index contributed by atoms with van der Waals surface area (Å²) in [4.78, 5) is 9.45. The summed E-state index contributed by atoms with van der Waals surface area (Å²) >= 11 is 0. The molecule has 6 heteroatoms. The van der Waals surface area contributed by atoms with Crippen molar-refractivity contribution in [3.63, 3.8) is 0 Å². The largest absolute Gasteiger partial charge is 0.370 e. The van der Waals surface area contributed by atoms with Crippen LogP contribution in [-0.4, -0.2) is 53.6 Å². The van der Waals surface area contributed by atoms with Crippen molar-refractivity contribution in [2.45, 2.75) is 51.7 Å². The minimum absolute atomic E-state index is 0.0988. The van der Waals surface area contributed by atoms with Gasteiger partial charge >= 0.3 is 0 Å². The van der Waals surface area contributed by atoms with Crippen LogP contribution < -0.4 is 16.8 Å². The number of aliphatic imine (C=N–C) groups is 1. The molecule has 3 heterocycles. The highest BCUT2D eigenvalue weighted by atomic mass is 15.4. The van der Waals surface area contributed by atoms with Gasteiger partial charge in [-0.3, -0.25) is 4.90 Å². The van der Waals surface area contributed by atoms with Crippen molar-refractivity contribution >= 4 is 5.96 Å². The quantitative estimate of drug-likeness (QED) is 0.696. The van der Waals surface area contributed by atoms with E-state index in [1.165, 1.54) is 19.4 Å². The summed E-state index contributed by atoms with van der Waals surface area (Å²) in [7, 11) is 0. The average molecular weight is 306 g/mol. The van der Waals surface area contributed by atoms with E-state index in [-0.39, 0.29) is 5.41 Å². The molecule has 2 unspecified atom stereocenters. The maximum atomic E-state index is 6.52. The van der Waals surface area contributed by atoms with Crippen molar-refractivity contribution in [2.75, 3.05) is 26.2 Å². The third kappa shape index (κ3) is 3.38. The van der Waals surface area contributed by atoms with Crippen LogP contribution in [0, 0.1) is 5.41 Å². The van der Waals surface area contributed by atoms with Crippen LogP contribution >= 0.6 is 0 Å². The topological polar surface area (TPSA) is 82.9 Å². The van der Waals surface area contributed by atoms with Gasteiger partial charge < -0.3 is 21.7 Å². The van der Waals surface area contributed by atoms with E-state index >= 15 is 0 Å². The van der Waals surface area contributed by atoms with Crippen molar-refractivity contribution in [1.29, 1.82) is 0 Å². The molecule has 0 aromatic carbocycles. The third-order valence-corrected chi connectivity index (χ3v) is 4.71. The Morgan fingerprint density at radius 2 is 2.14 bits per heavy atom. The monoisotopic (exact) mass is 306 g/mol. The second-order valence-corrected chi connectivity index (χ2v) is 8.16. The molecule has 0 amide bonds. The SMILES string of the molecule is CC(C)(C)CC1(N)C=C(N2CCN3CCCC3C2)NC(N)=N1. The molecule has 0 radical (unpaired) electrons. The molecule has 0 saturated carbocycles. The molecule has 2 fully saturated rings. The van der Waals surface area contributed by atoms with Gasteiger partial charge in [-0.1, -0.05) is 20.8 Å². The number of hydrogen-bond acceptors (Lipinski definition) is 6. The van der Waals surface area contributed by atoms with Crippen molar-refractivity contribution in [3.05, 3.63) is 11.9 Å². The first kappa shape index (κ1) is 15.6. The standard InChI is InChI=1S/C16H30N6/c1-15(2,3)11-16(18)9-13(19-14(17)20-16)22-8-7-21-6-4-5-12(21)10-22/h9,12H,4-8,10-11,18H2,1-3H3,(H3,17,19,20). The van der Waals surface area contributed by atoms with E-state index in [9.17, 15) is 0 Å². The van der Waals surface area contributed by atoms with Gasteiger partial charge in [-0.25, -0.2) is 4.99 Å². The number of nitrogens with one attached hydrogen (secondary N) is 1. The smallest absolute Gasteiger partial charge is 0.196 e. The lowest BCUT2D eigenvalue weighted by Crippen LogP contribution is -2.56. The highest BCUT2D eigenvalue weighted by Crippen LogP contribution is 2.31. The fraction of sp³-hybridized carbons (Fsp3) is 0.812. The molecule has 5 N–H and O–H groups in total. The summed E-state index contributed by atoms with van der Waals surface area (Å²) in [5.41, 5.74) is 11.9. The molecular weight excluding hydrogens is 276 g/mol. The fourth-order valence-electron chi connectivity index (χ4n) is 4.01. The Labute approximate surface area is 133 Å². The van der Waals surface area contributed by atoms with Gasteiger partial charge in [0.25, 0.3) is 0 Å². The maximum absolute atomic E-state index is 6.52. The van der Waals surface area contributed by atoms with Crippen molar-refractivity contribution in [1.82, 2.24) is 15.1 Å². The van der Waals surface area contributed by atoms with Gasteiger partial charge in [0.1, 0.15) is 11.5 Å². The molecule has 0 spiro atoms. The van der Waals surface area contributed by atoms with E-state index in [1.807, 2.05) is 0 Å². The summed E-state index contributed by atoms with van der Waals surface area (Å²) in [5.74, 6) is 1.46. The van der Waals surface area contributed by atoms with Gasteiger partial charge in [0.05, 0.1) is 0 Å². The highest BCUT2D eigenvalue weighted by Gasteiger charge is 2.36. The van der Waals surface area contributed by atoms with Gasteiger partial charge in [-0.2, -0.15) is 0 Å². The Morgan fingerprint density at radius 3 is 2.86 bits per heavy atom. The predicted molar refractivity (Wildman–Crippen MR) is 90.0 cm³/mol. The minimum Gasteiger partial charge on any atom is -0.370 e. The number of rotatable bonds is 2. The normalized spacial score (nSPS) is 33.1. The van der Waals surface area contributed by atoms with E-state index in [4.69, 9.17) is 11.5 Å². The van der Waals surface area contributed by atoms with Crippen LogP contribution in [0.25, 0.3) is 0 Å². The summed E-state index contributed by atoms with van der Waals surface area (Å²) in [5, 5.41) is 3.22. The second kappa shape index (κ2) is 5.42. The summed E-state index contributed by atoms with van der Waals surface area (Å²) < 4.78 is 0. The van der Waals surface area contributed by atoms with Gasteiger partial charge in [0.2, 0.25) is 0 Å². The van der Waals surface area contributed by atoms with Crippen LogP contribution in [0.15, 0.2) is 16.9 Å². The molecule has 3 rings (SSSR count). The molecular formula is C16H30N6. The van der Waals surface area contributed by atoms with Gasteiger partial charge in [0, 0.05) is 25.7 Å². The van der Waals surface area contributed by atoms with E-state index in [0.29, 0.717) is 12.0 Å². The Morgan fingerprint density at radius 1 is 1.36 bits per heavy atom. The first-order chi connectivity index (χ1) is 10.2. The fourth-order valence-corrected chi connectivity index (χ4v) is 4.01. The third-order valence-electron chi connectivity index (χ3n) is 4.71. The molecule has 0 aromatic heterocycles. The molecule has 2 saturated heterocycles. The second-order valence-electron chi connectivity index (χ2n) is 8.16.